The number of carboxylic acid groups (broad SMARTS) is 1. The summed E-state index contributed by atoms with van der Waals surface area (Å²) in [5.41, 5.74) is 0.475. The van der Waals surface area contributed by atoms with Gasteiger partial charge >= 0.3 is 12.0 Å². The zero-order valence-electron chi connectivity index (χ0n) is 11.4. The average molecular weight is 282 g/mol. The second kappa shape index (κ2) is 5.91. The predicted octanol–water partition coefficient (Wildman–Crippen LogP) is 0.609. The zero-order chi connectivity index (χ0) is 14.7. The quantitative estimate of drug-likeness (QED) is 0.846. The van der Waals surface area contributed by atoms with Crippen LogP contribution in [-0.4, -0.2) is 57.1 Å². The van der Waals surface area contributed by atoms with E-state index < -0.39 is 5.97 Å². The van der Waals surface area contributed by atoms with Crippen molar-refractivity contribution in [1.82, 2.24) is 14.7 Å². The van der Waals surface area contributed by atoms with Crippen LogP contribution in [0.2, 0.25) is 0 Å². The Balaban J connectivity index is 1.96. The first-order valence-electron chi connectivity index (χ1n) is 6.39. The fourth-order valence-electron chi connectivity index (χ4n) is 2.03. The molecule has 20 heavy (non-hydrogen) atoms. The van der Waals surface area contributed by atoms with Crippen LogP contribution < -0.4 is 5.32 Å². The number of anilines is 1. The molecule has 0 aromatic carbocycles. The zero-order valence-corrected chi connectivity index (χ0v) is 11.4. The molecular formula is C12H18N4O4. The van der Waals surface area contributed by atoms with Gasteiger partial charge in [-0.05, 0) is 13.8 Å². The van der Waals surface area contributed by atoms with E-state index in [1.165, 1.54) is 17.1 Å². The van der Waals surface area contributed by atoms with Crippen molar-refractivity contribution < 1.29 is 19.4 Å². The Bertz CT molecular complexity index is 501. The van der Waals surface area contributed by atoms with Gasteiger partial charge in [-0.25, -0.2) is 4.79 Å². The molecule has 2 atom stereocenters. The Morgan fingerprint density at radius 3 is 3.00 bits per heavy atom. The van der Waals surface area contributed by atoms with Crippen molar-refractivity contribution >= 4 is 17.7 Å². The Morgan fingerprint density at radius 1 is 1.55 bits per heavy atom. The predicted molar refractivity (Wildman–Crippen MR) is 70.5 cm³/mol. The molecule has 8 heteroatoms. The SMILES string of the molecule is CC1CN(C(=O)Nc2cnn(CC(=O)O)c2)C(C)CO1. The van der Waals surface area contributed by atoms with Gasteiger partial charge in [0.1, 0.15) is 6.54 Å². The summed E-state index contributed by atoms with van der Waals surface area (Å²) < 4.78 is 6.72. The summed E-state index contributed by atoms with van der Waals surface area (Å²) in [4.78, 5) is 24.4. The van der Waals surface area contributed by atoms with E-state index in [4.69, 9.17) is 9.84 Å². The molecule has 1 aliphatic rings. The second-order valence-corrected chi connectivity index (χ2v) is 4.90. The number of rotatable bonds is 3. The van der Waals surface area contributed by atoms with E-state index >= 15 is 0 Å². The summed E-state index contributed by atoms with van der Waals surface area (Å²) in [5.74, 6) is -0.985. The number of aliphatic carboxylic acids is 1. The largest absolute Gasteiger partial charge is 0.480 e. The minimum atomic E-state index is -0.985. The molecule has 1 fully saturated rings. The van der Waals surface area contributed by atoms with E-state index in [9.17, 15) is 9.59 Å². The van der Waals surface area contributed by atoms with Gasteiger partial charge in [-0.2, -0.15) is 5.10 Å². The van der Waals surface area contributed by atoms with Crippen LogP contribution in [0.3, 0.4) is 0 Å². The molecule has 0 aliphatic carbocycles. The number of carbonyl (C=O) groups excluding carboxylic acids is 1. The first kappa shape index (κ1) is 14.3. The van der Waals surface area contributed by atoms with Crippen LogP contribution in [0.5, 0.6) is 0 Å². The maximum atomic E-state index is 12.2. The molecule has 110 valence electrons. The van der Waals surface area contributed by atoms with Crippen LogP contribution in [0.15, 0.2) is 12.4 Å². The number of carbonyl (C=O) groups is 2. The lowest BCUT2D eigenvalue weighted by molar-refractivity contribution is -0.137. The molecule has 1 aliphatic heterocycles. The summed E-state index contributed by atoms with van der Waals surface area (Å²) in [6.45, 7) is 4.63. The van der Waals surface area contributed by atoms with E-state index in [1.54, 1.807) is 4.90 Å². The molecule has 2 rings (SSSR count). The minimum absolute atomic E-state index is 0.000245. The summed E-state index contributed by atoms with van der Waals surface area (Å²) in [6, 6.07) is -0.234. The average Bonchev–Trinajstić information content (AvgIpc) is 2.78. The van der Waals surface area contributed by atoms with Gasteiger partial charge in [0.05, 0.1) is 30.6 Å². The number of hydrogen-bond donors (Lipinski definition) is 2. The first-order chi connectivity index (χ1) is 9.45. The fraction of sp³-hybridized carbons (Fsp3) is 0.583. The highest BCUT2D eigenvalue weighted by Gasteiger charge is 2.27. The van der Waals surface area contributed by atoms with Gasteiger partial charge in [0.25, 0.3) is 0 Å². The standard InChI is InChI=1S/C12H18N4O4/c1-8-7-20-9(2)4-16(8)12(19)14-10-3-13-15(5-10)6-11(17)18/h3,5,8-9H,4,6-7H2,1-2H3,(H,14,19)(H,17,18). The van der Waals surface area contributed by atoms with E-state index in [2.05, 4.69) is 10.4 Å². The highest BCUT2D eigenvalue weighted by Crippen LogP contribution is 2.14. The van der Waals surface area contributed by atoms with Gasteiger partial charge in [0, 0.05) is 12.7 Å². The van der Waals surface area contributed by atoms with Crippen LogP contribution in [-0.2, 0) is 16.1 Å². The Hall–Kier alpha value is -2.09. The van der Waals surface area contributed by atoms with Crippen molar-refractivity contribution in [3.63, 3.8) is 0 Å². The Kier molecular flexibility index (Phi) is 4.23. The normalized spacial score (nSPS) is 22.6. The number of urea groups is 1. The van der Waals surface area contributed by atoms with Crippen LogP contribution in [0, 0.1) is 0 Å². The number of aromatic nitrogens is 2. The lowest BCUT2D eigenvalue weighted by Gasteiger charge is -2.36. The van der Waals surface area contributed by atoms with Gasteiger partial charge in [-0.1, -0.05) is 0 Å². The van der Waals surface area contributed by atoms with Gasteiger partial charge < -0.3 is 20.1 Å². The van der Waals surface area contributed by atoms with E-state index in [0.717, 1.165) is 0 Å². The molecule has 0 bridgehead atoms. The van der Waals surface area contributed by atoms with Crippen molar-refractivity contribution in [1.29, 1.82) is 0 Å². The van der Waals surface area contributed by atoms with Crippen molar-refractivity contribution in [2.75, 3.05) is 18.5 Å². The third-order valence-electron chi connectivity index (χ3n) is 3.05. The summed E-state index contributed by atoms with van der Waals surface area (Å²) in [7, 11) is 0. The second-order valence-electron chi connectivity index (χ2n) is 4.90. The number of nitrogens with one attached hydrogen (secondary N) is 1. The van der Waals surface area contributed by atoms with Crippen LogP contribution >= 0.6 is 0 Å². The number of hydrogen-bond acceptors (Lipinski definition) is 4. The summed E-state index contributed by atoms with van der Waals surface area (Å²) >= 11 is 0. The molecular weight excluding hydrogens is 264 g/mol. The maximum Gasteiger partial charge on any atom is 0.325 e. The first-order valence-corrected chi connectivity index (χ1v) is 6.39. The van der Waals surface area contributed by atoms with Crippen LogP contribution in [0.1, 0.15) is 13.8 Å². The molecule has 0 radical (unpaired) electrons. The van der Waals surface area contributed by atoms with E-state index in [-0.39, 0.29) is 24.7 Å². The maximum absolute atomic E-state index is 12.2. The van der Waals surface area contributed by atoms with Gasteiger partial charge in [-0.3, -0.25) is 9.48 Å². The topological polar surface area (TPSA) is 96.7 Å². The molecule has 1 aromatic heterocycles. The molecule has 1 aromatic rings. The van der Waals surface area contributed by atoms with Gasteiger partial charge in [-0.15, -0.1) is 0 Å². The lowest BCUT2D eigenvalue weighted by atomic mass is 10.2. The molecule has 1 saturated heterocycles. The number of nitrogens with zero attached hydrogens (tertiary/aromatic N) is 3. The van der Waals surface area contributed by atoms with Crippen molar-refractivity contribution in [3.05, 3.63) is 12.4 Å². The summed E-state index contributed by atoms with van der Waals surface area (Å²) in [6.07, 6.45) is 2.92. The number of amides is 2. The van der Waals surface area contributed by atoms with E-state index in [1.807, 2.05) is 13.8 Å². The van der Waals surface area contributed by atoms with Gasteiger partial charge in [0.2, 0.25) is 0 Å². The number of morpholine rings is 1. The van der Waals surface area contributed by atoms with Crippen LogP contribution in [0.25, 0.3) is 0 Å². The summed E-state index contributed by atoms with van der Waals surface area (Å²) in [5, 5.41) is 15.2. The molecule has 2 N–H and O–H groups in total. The van der Waals surface area contributed by atoms with Crippen molar-refractivity contribution in [3.8, 4) is 0 Å². The monoisotopic (exact) mass is 282 g/mol. The van der Waals surface area contributed by atoms with Crippen molar-refractivity contribution in [2.45, 2.75) is 32.5 Å². The van der Waals surface area contributed by atoms with Crippen LogP contribution in [0.4, 0.5) is 10.5 Å². The number of carboxylic acids is 1. The minimum Gasteiger partial charge on any atom is -0.480 e. The molecule has 2 heterocycles. The Labute approximate surface area is 116 Å². The van der Waals surface area contributed by atoms with Crippen molar-refractivity contribution in [2.24, 2.45) is 0 Å². The highest BCUT2D eigenvalue weighted by atomic mass is 16.5. The molecule has 0 saturated carbocycles. The number of ether oxygens (including phenoxy) is 1. The van der Waals surface area contributed by atoms with Gasteiger partial charge in [0.15, 0.2) is 0 Å². The highest BCUT2D eigenvalue weighted by molar-refractivity contribution is 5.89. The third kappa shape index (κ3) is 3.47. The third-order valence-corrected chi connectivity index (χ3v) is 3.05. The molecule has 2 unspecified atom stereocenters. The molecule has 0 spiro atoms. The Morgan fingerprint density at radius 2 is 2.30 bits per heavy atom. The van der Waals surface area contributed by atoms with E-state index in [0.29, 0.717) is 18.8 Å². The lowest BCUT2D eigenvalue weighted by Crippen LogP contribution is -2.51. The molecule has 2 amide bonds. The smallest absolute Gasteiger partial charge is 0.325 e. The fourth-order valence-corrected chi connectivity index (χ4v) is 2.03. The molecule has 8 nitrogen and oxygen atoms in total.